The van der Waals surface area contributed by atoms with Gasteiger partial charge in [0, 0.05) is 12.1 Å². The summed E-state index contributed by atoms with van der Waals surface area (Å²) in [5.74, 6) is -0.00722. The molecule has 8 nitrogen and oxygen atoms in total. The topological polar surface area (TPSA) is 111 Å². The van der Waals surface area contributed by atoms with E-state index in [1.807, 2.05) is 6.92 Å². The highest BCUT2D eigenvalue weighted by Crippen LogP contribution is 2.31. The Hall–Kier alpha value is -2.11. The van der Waals surface area contributed by atoms with Crippen molar-refractivity contribution in [3.8, 4) is 0 Å². The monoisotopic (exact) mass is 381 g/mol. The van der Waals surface area contributed by atoms with E-state index in [-0.39, 0.29) is 17.3 Å². The molecule has 2 heterocycles. The van der Waals surface area contributed by atoms with E-state index in [1.54, 1.807) is 6.07 Å². The summed E-state index contributed by atoms with van der Waals surface area (Å²) in [5, 5.41) is 22.7. The summed E-state index contributed by atoms with van der Waals surface area (Å²) >= 11 is 3.96. The number of thioether (sulfide) groups is 1. The van der Waals surface area contributed by atoms with E-state index < -0.39 is 4.92 Å². The van der Waals surface area contributed by atoms with Crippen LogP contribution in [0.1, 0.15) is 11.9 Å². The largest absolute Gasteiger partial charge is 0.300 e. The maximum Gasteiger partial charge on any atom is 0.270 e. The zero-order valence-electron chi connectivity index (χ0n) is 12.4. The molecule has 0 radical (unpaired) electrons. The lowest BCUT2D eigenvalue weighted by Crippen LogP contribution is -2.13. The first-order valence-corrected chi connectivity index (χ1v) is 9.47. The second-order valence-electron chi connectivity index (χ2n) is 4.58. The van der Waals surface area contributed by atoms with E-state index in [4.69, 9.17) is 0 Å². The Balaban J connectivity index is 1.62. The van der Waals surface area contributed by atoms with E-state index in [0.29, 0.717) is 15.0 Å². The van der Waals surface area contributed by atoms with Crippen molar-refractivity contribution >= 4 is 61.4 Å². The second kappa shape index (κ2) is 7.20. The minimum absolute atomic E-state index is 0.0310. The van der Waals surface area contributed by atoms with Crippen LogP contribution in [0, 0.1) is 10.1 Å². The van der Waals surface area contributed by atoms with Crippen molar-refractivity contribution < 1.29 is 9.72 Å². The predicted molar refractivity (Wildman–Crippen MR) is 94.9 cm³/mol. The van der Waals surface area contributed by atoms with Crippen LogP contribution in [-0.4, -0.2) is 31.8 Å². The number of rotatable bonds is 6. The van der Waals surface area contributed by atoms with E-state index in [2.05, 4.69) is 20.5 Å². The molecule has 2 aromatic heterocycles. The normalized spacial score (nSPS) is 10.9. The molecule has 0 atom stereocenters. The number of nitro benzene ring substituents is 1. The number of anilines is 1. The van der Waals surface area contributed by atoms with Gasteiger partial charge in [0.15, 0.2) is 4.34 Å². The van der Waals surface area contributed by atoms with Crippen LogP contribution in [0.5, 0.6) is 0 Å². The van der Waals surface area contributed by atoms with Gasteiger partial charge in [0.25, 0.3) is 5.69 Å². The number of hydrogen-bond acceptors (Lipinski definition) is 9. The first-order chi connectivity index (χ1) is 11.5. The van der Waals surface area contributed by atoms with Gasteiger partial charge in [-0.05, 0) is 12.5 Å². The van der Waals surface area contributed by atoms with Gasteiger partial charge in [0.2, 0.25) is 11.0 Å². The molecule has 124 valence electrons. The molecule has 24 heavy (non-hydrogen) atoms. The molecule has 0 saturated carbocycles. The van der Waals surface area contributed by atoms with Gasteiger partial charge in [-0.2, -0.15) is 0 Å². The number of hydrogen-bond donors (Lipinski definition) is 1. The van der Waals surface area contributed by atoms with Crippen LogP contribution in [0.15, 0.2) is 22.5 Å². The van der Waals surface area contributed by atoms with E-state index >= 15 is 0 Å². The van der Waals surface area contributed by atoms with Crippen LogP contribution in [0.3, 0.4) is 0 Å². The Bertz CT molecular complexity index is 907. The third-order valence-corrected chi connectivity index (χ3v) is 6.05. The van der Waals surface area contributed by atoms with Crippen LogP contribution < -0.4 is 5.32 Å². The number of benzene rings is 1. The lowest BCUT2D eigenvalue weighted by molar-refractivity contribution is -0.384. The van der Waals surface area contributed by atoms with Gasteiger partial charge in [-0.1, -0.05) is 30.0 Å². The first kappa shape index (κ1) is 16.7. The van der Waals surface area contributed by atoms with Crippen LogP contribution in [0.25, 0.3) is 10.2 Å². The fraction of sp³-hybridized carbons (Fsp3) is 0.231. The number of carbonyl (C=O) groups excluding carboxylic acids is 1. The molecule has 0 saturated heterocycles. The number of nitrogens with one attached hydrogen (secondary N) is 1. The number of aromatic nitrogens is 3. The highest BCUT2D eigenvalue weighted by Gasteiger charge is 2.13. The van der Waals surface area contributed by atoms with Crippen molar-refractivity contribution in [2.75, 3.05) is 11.1 Å². The number of nitro groups is 1. The Kier molecular flexibility index (Phi) is 5.02. The number of nitrogens with zero attached hydrogens (tertiary/aromatic N) is 4. The lowest BCUT2D eigenvalue weighted by Gasteiger charge is -1.98. The van der Waals surface area contributed by atoms with Crippen molar-refractivity contribution in [1.29, 1.82) is 0 Å². The van der Waals surface area contributed by atoms with Gasteiger partial charge < -0.3 is 0 Å². The molecule has 0 fully saturated rings. The molecule has 3 rings (SSSR count). The molecule has 1 amide bonds. The van der Waals surface area contributed by atoms with Crippen LogP contribution in [0.2, 0.25) is 0 Å². The maximum absolute atomic E-state index is 11.9. The molecule has 0 aliphatic rings. The minimum Gasteiger partial charge on any atom is -0.300 e. The molecule has 1 N–H and O–H groups in total. The quantitative estimate of drug-likeness (QED) is 0.396. The molecular formula is C13H11N5O3S3. The van der Waals surface area contributed by atoms with Gasteiger partial charge in [-0.15, -0.1) is 21.5 Å². The SMILES string of the molecule is CCc1nnc(NC(=O)CSc2nc3ccc([N+](=O)[O-])cc3s2)s1. The molecule has 3 aromatic rings. The standard InChI is InChI=1S/C13H11N5O3S3/c1-2-11-16-17-12(24-11)15-10(19)6-22-13-14-8-4-3-7(18(20)21)5-9(8)23-13/h3-5H,2,6H2,1H3,(H,15,17,19). The third kappa shape index (κ3) is 3.86. The summed E-state index contributed by atoms with van der Waals surface area (Å²) in [4.78, 5) is 26.6. The number of aryl methyl sites for hydroxylation is 1. The molecule has 0 aliphatic carbocycles. The van der Waals surface area contributed by atoms with Crippen LogP contribution in [-0.2, 0) is 11.2 Å². The average molecular weight is 381 g/mol. The van der Waals surface area contributed by atoms with Crippen molar-refractivity contribution in [1.82, 2.24) is 15.2 Å². The number of thiazole rings is 1. The summed E-state index contributed by atoms with van der Waals surface area (Å²) in [5.41, 5.74) is 0.716. The van der Waals surface area contributed by atoms with Crippen LogP contribution in [0.4, 0.5) is 10.8 Å². The van der Waals surface area contributed by atoms with Crippen LogP contribution >= 0.6 is 34.4 Å². The molecule has 1 aromatic carbocycles. The molecular weight excluding hydrogens is 370 g/mol. The summed E-state index contributed by atoms with van der Waals surface area (Å²) in [6.45, 7) is 1.97. The van der Waals surface area contributed by atoms with Crippen molar-refractivity contribution in [2.45, 2.75) is 17.7 Å². The zero-order chi connectivity index (χ0) is 17.1. The molecule has 0 spiro atoms. The van der Waals surface area contributed by atoms with Crippen molar-refractivity contribution in [2.24, 2.45) is 0 Å². The Morgan fingerprint density at radius 1 is 1.38 bits per heavy atom. The first-order valence-electron chi connectivity index (χ1n) is 6.85. The number of non-ortho nitro benzene ring substituents is 1. The fourth-order valence-electron chi connectivity index (χ4n) is 1.80. The third-order valence-electron chi connectivity index (χ3n) is 2.91. The summed E-state index contributed by atoms with van der Waals surface area (Å²) in [6.07, 6.45) is 0.778. The zero-order valence-corrected chi connectivity index (χ0v) is 14.8. The van der Waals surface area contributed by atoms with Gasteiger partial charge >= 0.3 is 0 Å². The van der Waals surface area contributed by atoms with Crippen molar-refractivity contribution in [3.05, 3.63) is 33.3 Å². The summed E-state index contributed by atoms with van der Waals surface area (Å²) in [7, 11) is 0. The van der Waals surface area contributed by atoms with Gasteiger partial charge in [-0.3, -0.25) is 20.2 Å². The predicted octanol–water partition coefficient (Wildman–Crippen LogP) is 3.35. The average Bonchev–Trinajstić information content (AvgIpc) is 3.17. The Morgan fingerprint density at radius 3 is 2.92 bits per heavy atom. The summed E-state index contributed by atoms with van der Waals surface area (Å²) < 4.78 is 1.41. The number of fused-ring (bicyclic) bond motifs is 1. The van der Waals surface area contributed by atoms with Gasteiger partial charge in [-0.25, -0.2) is 4.98 Å². The van der Waals surface area contributed by atoms with Gasteiger partial charge in [0.1, 0.15) is 5.01 Å². The van der Waals surface area contributed by atoms with E-state index in [0.717, 1.165) is 16.1 Å². The summed E-state index contributed by atoms with van der Waals surface area (Å²) in [6, 6.07) is 4.52. The molecule has 0 unspecified atom stereocenters. The van der Waals surface area contributed by atoms with E-state index in [1.165, 1.54) is 46.6 Å². The Labute approximate surface area is 148 Å². The van der Waals surface area contributed by atoms with Gasteiger partial charge in [0.05, 0.1) is 20.9 Å². The number of amides is 1. The lowest BCUT2D eigenvalue weighted by atomic mass is 10.3. The maximum atomic E-state index is 11.9. The highest BCUT2D eigenvalue weighted by atomic mass is 32.2. The van der Waals surface area contributed by atoms with Crippen molar-refractivity contribution in [3.63, 3.8) is 0 Å². The highest BCUT2D eigenvalue weighted by molar-refractivity contribution is 8.01. The minimum atomic E-state index is -0.438. The smallest absolute Gasteiger partial charge is 0.270 e. The second-order valence-corrected chi connectivity index (χ2v) is 7.90. The molecule has 11 heteroatoms. The van der Waals surface area contributed by atoms with E-state index in [9.17, 15) is 14.9 Å². The molecule has 0 aliphatic heterocycles. The molecule has 0 bridgehead atoms. The fourth-order valence-corrected chi connectivity index (χ4v) is 4.39. The Morgan fingerprint density at radius 2 is 2.21 bits per heavy atom. The number of carbonyl (C=O) groups is 1.